The number of hydrogen-bond acceptors (Lipinski definition) is 4. The number of anilines is 2. The average molecular weight is 504 g/mol. The zero-order chi connectivity index (χ0) is 24.4. The predicted octanol–water partition coefficient (Wildman–Crippen LogP) is 5.80. The van der Waals surface area contributed by atoms with Crippen molar-refractivity contribution in [3.05, 3.63) is 86.8 Å². The Bertz CT molecular complexity index is 1270. The largest absolute Gasteiger partial charge is 0.351 e. The highest BCUT2D eigenvalue weighted by Gasteiger charge is 2.28. The molecule has 1 amide bonds. The fraction of sp³-hybridized carbons (Fsp3) is 0.280. The van der Waals surface area contributed by atoms with Crippen LogP contribution in [0.2, 0.25) is 5.02 Å². The first kappa shape index (κ1) is 24.3. The van der Waals surface area contributed by atoms with Crippen molar-refractivity contribution in [2.45, 2.75) is 23.7 Å². The number of benzene rings is 2. The van der Waals surface area contributed by atoms with Gasteiger partial charge in [0, 0.05) is 31.2 Å². The number of amides is 1. The summed E-state index contributed by atoms with van der Waals surface area (Å²) in [6.45, 7) is 0.995. The lowest BCUT2D eigenvalue weighted by molar-refractivity contribution is 0.0713. The van der Waals surface area contributed by atoms with E-state index >= 15 is 0 Å². The van der Waals surface area contributed by atoms with E-state index in [9.17, 15) is 18.4 Å². The van der Waals surface area contributed by atoms with Crippen molar-refractivity contribution in [3.8, 4) is 0 Å². The summed E-state index contributed by atoms with van der Waals surface area (Å²) in [6, 6.07) is 11.1. The molecule has 0 atom stereocenters. The molecule has 1 aliphatic rings. The standard InChI is InChI=1S/C25H24ClF2N3O2S/c1-30-14-19(23(22(26)25(30)33)29-21-8-7-18(34-2)13-20(21)28)24(32)31-11-9-16(10-12-31)15-3-5-17(27)6-4-15/h3-8,13-14,16,29H,9-12H2,1-2H3. The van der Waals surface area contributed by atoms with E-state index in [-0.39, 0.29) is 39.6 Å². The molecule has 1 N–H and O–H groups in total. The summed E-state index contributed by atoms with van der Waals surface area (Å²) in [5.41, 5.74) is 0.964. The highest BCUT2D eigenvalue weighted by Crippen LogP contribution is 2.33. The third-order valence-electron chi connectivity index (χ3n) is 6.11. The van der Waals surface area contributed by atoms with Gasteiger partial charge >= 0.3 is 0 Å². The van der Waals surface area contributed by atoms with E-state index in [1.165, 1.54) is 47.8 Å². The summed E-state index contributed by atoms with van der Waals surface area (Å²) in [6.07, 6.45) is 4.73. The number of piperidine rings is 1. The number of pyridine rings is 1. The quantitative estimate of drug-likeness (QED) is 0.447. The Balaban J connectivity index is 1.59. The number of aryl methyl sites for hydroxylation is 1. The molecular formula is C25H24ClF2N3O2S. The summed E-state index contributed by atoms with van der Waals surface area (Å²) in [4.78, 5) is 28.4. The molecule has 34 heavy (non-hydrogen) atoms. The predicted molar refractivity (Wildman–Crippen MR) is 132 cm³/mol. The van der Waals surface area contributed by atoms with E-state index < -0.39 is 11.4 Å². The highest BCUT2D eigenvalue weighted by molar-refractivity contribution is 7.98. The molecule has 0 aliphatic carbocycles. The molecular weight excluding hydrogens is 480 g/mol. The topological polar surface area (TPSA) is 54.3 Å². The number of nitrogens with zero attached hydrogens (tertiary/aromatic N) is 2. The molecule has 0 saturated carbocycles. The highest BCUT2D eigenvalue weighted by atomic mass is 35.5. The Labute approximate surface area is 205 Å². The maximum atomic E-state index is 14.6. The molecule has 1 aliphatic heterocycles. The van der Waals surface area contributed by atoms with Crippen molar-refractivity contribution >= 4 is 40.6 Å². The van der Waals surface area contributed by atoms with Crippen LogP contribution in [0.5, 0.6) is 0 Å². The van der Waals surface area contributed by atoms with Crippen LogP contribution in [0.15, 0.2) is 58.4 Å². The number of likely N-dealkylation sites (tertiary alicyclic amines) is 1. The van der Waals surface area contributed by atoms with Crippen LogP contribution in [0.25, 0.3) is 0 Å². The molecule has 1 aromatic heterocycles. The van der Waals surface area contributed by atoms with E-state index in [2.05, 4.69) is 5.32 Å². The number of hydrogen-bond donors (Lipinski definition) is 1. The number of carbonyl (C=O) groups excluding carboxylic acids is 1. The first-order valence-corrected chi connectivity index (χ1v) is 12.4. The number of aromatic nitrogens is 1. The number of nitrogens with one attached hydrogen (secondary N) is 1. The monoisotopic (exact) mass is 503 g/mol. The molecule has 0 unspecified atom stereocenters. The maximum Gasteiger partial charge on any atom is 0.271 e. The van der Waals surface area contributed by atoms with E-state index in [0.717, 1.165) is 23.3 Å². The van der Waals surface area contributed by atoms with Gasteiger partial charge in [-0.25, -0.2) is 8.78 Å². The van der Waals surface area contributed by atoms with Crippen molar-refractivity contribution < 1.29 is 13.6 Å². The summed E-state index contributed by atoms with van der Waals surface area (Å²) in [5, 5.41) is 2.70. The van der Waals surface area contributed by atoms with E-state index in [4.69, 9.17) is 11.6 Å². The minimum Gasteiger partial charge on any atom is -0.351 e. The second-order valence-electron chi connectivity index (χ2n) is 8.24. The summed E-state index contributed by atoms with van der Waals surface area (Å²) in [7, 11) is 1.52. The Hall–Kier alpha value is -2.84. The van der Waals surface area contributed by atoms with Crippen molar-refractivity contribution in [3.63, 3.8) is 0 Å². The smallest absolute Gasteiger partial charge is 0.271 e. The molecule has 1 saturated heterocycles. The molecule has 0 radical (unpaired) electrons. The molecule has 178 valence electrons. The molecule has 0 bridgehead atoms. The van der Waals surface area contributed by atoms with Crippen LogP contribution in [-0.4, -0.2) is 34.7 Å². The fourth-order valence-electron chi connectivity index (χ4n) is 4.16. The minimum atomic E-state index is -0.512. The Morgan fingerprint density at radius 1 is 1.12 bits per heavy atom. The molecule has 1 fully saturated rings. The van der Waals surface area contributed by atoms with E-state index in [1.807, 2.05) is 6.26 Å². The maximum absolute atomic E-state index is 14.6. The van der Waals surface area contributed by atoms with Gasteiger partial charge in [0.25, 0.3) is 11.5 Å². The zero-order valence-electron chi connectivity index (χ0n) is 18.8. The van der Waals surface area contributed by atoms with Crippen molar-refractivity contribution in [1.82, 2.24) is 9.47 Å². The molecule has 9 heteroatoms. The SMILES string of the molecule is CSc1ccc(Nc2c(C(=O)N3CCC(c4ccc(F)cc4)CC3)cn(C)c(=O)c2Cl)c(F)c1. The van der Waals surface area contributed by atoms with Crippen molar-refractivity contribution in [1.29, 1.82) is 0 Å². The fourth-order valence-corrected chi connectivity index (χ4v) is 4.87. The average Bonchev–Trinajstić information content (AvgIpc) is 2.85. The first-order chi connectivity index (χ1) is 16.3. The Morgan fingerprint density at radius 3 is 2.41 bits per heavy atom. The number of thioether (sulfide) groups is 1. The van der Waals surface area contributed by atoms with Crippen molar-refractivity contribution in [2.75, 3.05) is 24.7 Å². The zero-order valence-corrected chi connectivity index (χ0v) is 20.4. The van der Waals surface area contributed by atoms with Crippen LogP contribution in [0.1, 0.15) is 34.7 Å². The summed E-state index contributed by atoms with van der Waals surface area (Å²) >= 11 is 7.74. The Morgan fingerprint density at radius 2 is 1.79 bits per heavy atom. The van der Waals surface area contributed by atoms with Crippen LogP contribution in [0.3, 0.4) is 0 Å². The molecule has 2 heterocycles. The van der Waals surface area contributed by atoms with Gasteiger partial charge in [0.1, 0.15) is 16.7 Å². The van der Waals surface area contributed by atoms with Gasteiger partial charge in [0.2, 0.25) is 0 Å². The van der Waals surface area contributed by atoms with Gasteiger partial charge in [0.15, 0.2) is 0 Å². The third-order valence-corrected chi connectivity index (χ3v) is 7.19. The molecule has 0 spiro atoms. The summed E-state index contributed by atoms with van der Waals surface area (Å²) < 4.78 is 29.1. The van der Waals surface area contributed by atoms with Gasteiger partial charge in [-0.2, -0.15) is 0 Å². The lowest BCUT2D eigenvalue weighted by Gasteiger charge is -2.33. The van der Waals surface area contributed by atoms with Gasteiger partial charge < -0.3 is 14.8 Å². The molecule has 3 aromatic rings. The lowest BCUT2D eigenvalue weighted by atomic mass is 9.89. The Kier molecular flexibility index (Phi) is 7.28. The second kappa shape index (κ2) is 10.2. The minimum absolute atomic E-state index is 0.0891. The van der Waals surface area contributed by atoms with Gasteiger partial charge in [0.05, 0.1) is 16.9 Å². The van der Waals surface area contributed by atoms with E-state index in [1.54, 1.807) is 29.2 Å². The number of halogens is 3. The van der Waals surface area contributed by atoms with Gasteiger partial charge in [-0.05, 0) is 60.9 Å². The second-order valence-corrected chi connectivity index (χ2v) is 9.49. The third kappa shape index (κ3) is 4.98. The number of carbonyl (C=O) groups is 1. The lowest BCUT2D eigenvalue weighted by Crippen LogP contribution is -2.39. The number of rotatable bonds is 5. The van der Waals surface area contributed by atoms with E-state index in [0.29, 0.717) is 13.1 Å². The van der Waals surface area contributed by atoms with Crippen LogP contribution < -0.4 is 10.9 Å². The van der Waals surface area contributed by atoms with Crippen LogP contribution >= 0.6 is 23.4 Å². The van der Waals surface area contributed by atoms with Gasteiger partial charge in [-0.3, -0.25) is 9.59 Å². The van der Waals surface area contributed by atoms with Crippen LogP contribution in [0.4, 0.5) is 20.2 Å². The molecule has 2 aromatic carbocycles. The molecule has 5 nitrogen and oxygen atoms in total. The van der Waals surface area contributed by atoms with Crippen molar-refractivity contribution in [2.24, 2.45) is 7.05 Å². The van der Waals surface area contributed by atoms with Gasteiger partial charge in [-0.15, -0.1) is 11.8 Å². The first-order valence-electron chi connectivity index (χ1n) is 10.8. The summed E-state index contributed by atoms with van der Waals surface area (Å²) in [5.74, 6) is -0.849. The normalized spacial score (nSPS) is 14.3. The van der Waals surface area contributed by atoms with Crippen LogP contribution in [-0.2, 0) is 7.05 Å². The van der Waals surface area contributed by atoms with Gasteiger partial charge in [-0.1, -0.05) is 23.7 Å². The van der Waals surface area contributed by atoms with Crippen LogP contribution in [0, 0.1) is 11.6 Å². The molecule has 4 rings (SSSR count).